The number of nitrogens with one attached hydrogen (secondary N) is 1. The molecule has 6 atom stereocenters. The third-order valence-corrected chi connectivity index (χ3v) is 15.8. The molecule has 0 radical (unpaired) electrons. The Bertz CT molecular complexity index is 3190. The molecule has 0 bridgehead atoms. The molecule has 0 aliphatic carbocycles. The number of fused-ring (bicyclic) bond motifs is 1. The molecule has 0 spiro atoms. The maximum atomic E-state index is 13.5. The molecule has 1 N–H and O–H groups in total. The fourth-order valence-corrected chi connectivity index (χ4v) is 12.2. The van der Waals surface area contributed by atoms with Crippen molar-refractivity contribution in [2.75, 3.05) is 24.3 Å². The van der Waals surface area contributed by atoms with Crippen molar-refractivity contribution in [3.05, 3.63) is 128 Å². The van der Waals surface area contributed by atoms with Crippen LogP contribution >= 0.6 is 23.5 Å². The number of hydrogen-bond donors (Lipinski definition) is 1. The van der Waals surface area contributed by atoms with Crippen molar-refractivity contribution in [1.82, 2.24) is 19.5 Å². The first kappa shape index (κ1) is 42.1. The van der Waals surface area contributed by atoms with Gasteiger partial charge in [0, 0.05) is 11.1 Å². The SMILES string of the molecule is O=P([O-])(OCCS(=O)(=O)c1ccc2ccc3cccc4ccc1c2c34)OP(=O)([O-])OP(=O)([O-])OC1CO[C@@H](n2cnc3c(Nc4ccccc4)ncnc32)[C@H]1Oc1ccccc1. The van der Waals surface area contributed by atoms with Crippen molar-refractivity contribution in [3.8, 4) is 5.75 Å². The van der Waals surface area contributed by atoms with Crippen LogP contribution in [0.4, 0.5) is 11.5 Å². The second-order valence-electron chi connectivity index (χ2n) is 13.9. The number of aromatic nitrogens is 4. The van der Waals surface area contributed by atoms with Crippen LogP contribution in [0, 0.1) is 0 Å². The van der Waals surface area contributed by atoms with Gasteiger partial charge in [-0.25, -0.2) is 32.0 Å². The van der Waals surface area contributed by atoms with Gasteiger partial charge in [-0.2, -0.15) is 0 Å². The number of imidazole rings is 1. The Morgan fingerprint density at radius 3 is 2.15 bits per heavy atom. The van der Waals surface area contributed by atoms with Gasteiger partial charge in [0.2, 0.25) is 0 Å². The highest BCUT2D eigenvalue weighted by Gasteiger charge is 2.45. The van der Waals surface area contributed by atoms with Gasteiger partial charge in [-0.3, -0.25) is 18.3 Å². The monoisotopic (exact) mass is 918 g/mol. The van der Waals surface area contributed by atoms with Gasteiger partial charge in [0.1, 0.15) is 18.2 Å². The highest BCUT2D eigenvalue weighted by Crippen LogP contribution is 2.63. The molecule has 8 aromatic rings. The molecular weight excluding hydrogens is 887 g/mol. The molecule has 6 aromatic carbocycles. The molecule has 2 aromatic heterocycles. The number of rotatable bonds is 16. The van der Waals surface area contributed by atoms with Crippen LogP contribution in [-0.4, -0.2) is 59.1 Å². The van der Waals surface area contributed by atoms with E-state index in [1.807, 2.05) is 60.7 Å². The summed E-state index contributed by atoms with van der Waals surface area (Å²) < 4.78 is 96.8. The first-order valence-corrected chi connectivity index (χ1v) is 24.6. The van der Waals surface area contributed by atoms with Gasteiger partial charge in [0.15, 0.2) is 39.2 Å². The molecule has 1 fully saturated rings. The van der Waals surface area contributed by atoms with Crippen molar-refractivity contribution in [1.29, 1.82) is 0 Å². The van der Waals surface area contributed by atoms with Crippen LogP contribution in [0.3, 0.4) is 0 Å². The van der Waals surface area contributed by atoms with Crippen molar-refractivity contribution < 1.29 is 63.9 Å². The maximum absolute atomic E-state index is 13.5. The van der Waals surface area contributed by atoms with Gasteiger partial charge in [-0.15, -0.1) is 0 Å². The number of benzene rings is 6. The zero-order valence-electron chi connectivity index (χ0n) is 31.7. The van der Waals surface area contributed by atoms with E-state index in [0.717, 1.165) is 21.5 Å². The largest absolute Gasteiger partial charge is 0.756 e. The molecular formula is C39H31N5O14P3S-3. The van der Waals surface area contributed by atoms with Gasteiger partial charge in [0.05, 0.1) is 30.2 Å². The average molecular weight is 919 g/mol. The summed E-state index contributed by atoms with van der Waals surface area (Å²) >= 11 is 0. The quantitative estimate of drug-likeness (QED) is 0.0892. The van der Waals surface area contributed by atoms with E-state index in [2.05, 4.69) is 33.4 Å². The highest BCUT2D eigenvalue weighted by atomic mass is 32.2. The number of anilines is 2. The molecule has 62 heavy (non-hydrogen) atoms. The summed E-state index contributed by atoms with van der Waals surface area (Å²) in [6, 6.07) is 33.2. The van der Waals surface area contributed by atoms with E-state index < -0.39 is 70.7 Å². The number of sulfone groups is 1. The molecule has 0 saturated carbocycles. The molecule has 19 nitrogen and oxygen atoms in total. The molecule has 1 aliphatic heterocycles. The molecule has 320 valence electrons. The third kappa shape index (κ3) is 8.74. The Hall–Kier alpha value is -5.17. The molecule has 4 unspecified atom stereocenters. The number of hydrogen-bond acceptors (Lipinski definition) is 18. The van der Waals surface area contributed by atoms with Crippen molar-refractivity contribution >= 4 is 88.3 Å². The van der Waals surface area contributed by atoms with E-state index in [1.165, 1.54) is 23.3 Å². The average Bonchev–Trinajstić information content (AvgIpc) is 3.83. The minimum atomic E-state index is -6.34. The molecule has 1 saturated heterocycles. The normalized spacial score (nSPS) is 20.0. The van der Waals surface area contributed by atoms with E-state index in [0.29, 0.717) is 27.8 Å². The predicted octanol–water partition coefficient (Wildman–Crippen LogP) is 5.76. The van der Waals surface area contributed by atoms with Crippen LogP contribution < -0.4 is 24.7 Å². The predicted molar refractivity (Wildman–Crippen MR) is 219 cm³/mol. The molecule has 3 heterocycles. The maximum Gasteiger partial charge on any atom is 0.280 e. The van der Waals surface area contributed by atoms with E-state index in [4.69, 9.17) is 14.0 Å². The Balaban J connectivity index is 0.876. The van der Waals surface area contributed by atoms with Gasteiger partial charge >= 0.3 is 0 Å². The van der Waals surface area contributed by atoms with Crippen molar-refractivity contribution in [2.24, 2.45) is 0 Å². The number of phosphoric acid groups is 3. The van der Waals surface area contributed by atoms with Crippen LogP contribution in [0.2, 0.25) is 0 Å². The first-order valence-electron chi connectivity index (χ1n) is 18.6. The summed E-state index contributed by atoms with van der Waals surface area (Å²) in [7, 11) is -22.6. The van der Waals surface area contributed by atoms with E-state index in [9.17, 15) is 36.8 Å². The lowest BCUT2D eigenvalue weighted by Gasteiger charge is -2.35. The van der Waals surface area contributed by atoms with Crippen LogP contribution in [0.5, 0.6) is 5.75 Å². The summed E-state index contributed by atoms with van der Waals surface area (Å²) in [5, 5.41) is 7.67. The lowest BCUT2D eigenvalue weighted by molar-refractivity contribution is -0.252. The number of phosphoric ester groups is 2. The fraction of sp³-hybridized carbons (Fsp3) is 0.154. The van der Waals surface area contributed by atoms with Crippen LogP contribution in [0.25, 0.3) is 43.5 Å². The molecule has 23 heteroatoms. The Labute approximate surface area is 351 Å². The van der Waals surface area contributed by atoms with E-state index in [1.54, 1.807) is 48.5 Å². The Morgan fingerprint density at radius 1 is 0.742 bits per heavy atom. The summed E-state index contributed by atoms with van der Waals surface area (Å²) in [4.78, 5) is 51.4. The highest BCUT2D eigenvalue weighted by molar-refractivity contribution is 7.91. The van der Waals surface area contributed by atoms with Gasteiger partial charge in [-0.1, -0.05) is 84.9 Å². The van der Waals surface area contributed by atoms with E-state index >= 15 is 0 Å². The lowest BCUT2D eigenvalue weighted by Crippen LogP contribution is -2.36. The zero-order valence-corrected chi connectivity index (χ0v) is 35.2. The number of para-hydroxylation sites is 2. The minimum absolute atomic E-state index is 0.109. The summed E-state index contributed by atoms with van der Waals surface area (Å²) in [5.41, 5.74) is 1.28. The first-order chi connectivity index (χ1) is 29.7. The Morgan fingerprint density at radius 2 is 1.40 bits per heavy atom. The zero-order chi connectivity index (χ0) is 43.3. The number of ether oxygens (including phenoxy) is 2. The summed E-state index contributed by atoms with van der Waals surface area (Å²) in [5.74, 6) is -0.328. The molecule has 1 aliphatic rings. The van der Waals surface area contributed by atoms with Crippen LogP contribution in [0.15, 0.2) is 133 Å². The minimum Gasteiger partial charge on any atom is -0.756 e. The van der Waals surface area contributed by atoms with Crippen LogP contribution in [0.1, 0.15) is 6.23 Å². The van der Waals surface area contributed by atoms with Gasteiger partial charge in [-0.05, 0) is 57.3 Å². The summed E-state index contributed by atoms with van der Waals surface area (Å²) in [6.07, 6.45) is -1.46. The Kier molecular flexibility index (Phi) is 11.2. The van der Waals surface area contributed by atoms with Crippen molar-refractivity contribution in [2.45, 2.75) is 23.3 Å². The van der Waals surface area contributed by atoms with E-state index in [-0.39, 0.29) is 16.3 Å². The number of nitrogens with zero attached hydrogens (tertiary/aromatic N) is 4. The summed E-state index contributed by atoms with van der Waals surface area (Å²) in [6.45, 7) is -1.60. The second kappa shape index (κ2) is 16.5. The lowest BCUT2D eigenvalue weighted by atomic mass is 9.94. The van der Waals surface area contributed by atoms with Crippen LogP contribution in [-0.2, 0) is 45.9 Å². The smallest absolute Gasteiger partial charge is 0.280 e. The fourth-order valence-electron chi connectivity index (χ4n) is 7.29. The second-order valence-corrected chi connectivity index (χ2v) is 20.4. The topological polar surface area (TPSA) is 266 Å². The van der Waals surface area contributed by atoms with Gasteiger partial charge < -0.3 is 38.5 Å². The van der Waals surface area contributed by atoms with Crippen molar-refractivity contribution in [3.63, 3.8) is 0 Å². The van der Waals surface area contributed by atoms with Gasteiger partial charge in [0.25, 0.3) is 23.5 Å². The molecule has 0 amide bonds. The standard InChI is InChI=1S/C39H34N5O14P3S/c45-59(46,54-20-21-62(51,52)32-19-17-27-15-14-25-8-7-9-26-16-18-30(32)34(27)33(25)26)57-61(49,50)58-60(47,48)56-31-22-53-39(36(31)55-29-12-5-2-6-13-29)44-24-42-35-37(40-23-41-38(35)44)43-28-10-3-1-4-11-28/h1-19,23-24,31,36,39H,20-22H2,(H,45,46)(H,47,48)(H,49,50)(H,40,41,43)/p-3/t31?,36-,39+/m0/s1. The molecule has 9 rings (SSSR count). The third-order valence-electron chi connectivity index (χ3n) is 9.85.